The predicted octanol–water partition coefficient (Wildman–Crippen LogP) is 4.07. The van der Waals surface area contributed by atoms with Crippen molar-refractivity contribution in [2.45, 2.75) is 38.5 Å². The van der Waals surface area contributed by atoms with Gasteiger partial charge in [-0.15, -0.1) is 0 Å². The number of hydrogen-bond acceptors (Lipinski definition) is 9. The summed E-state index contributed by atoms with van der Waals surface area (Å²) in [5, 5.41) is 0. The Hall–Kier alpha value is 0.450. The molecule has 12 heteroatoms. The lowest BCUT2D eigenvalue weighted by atomic mass is 10.2. The lowest BCUT2D eigenvalue weighted by Crippen LogP contribution is -2.33. The Kier molecular flexibility index (Phi) is 4.79. The Morgan fingerprint density at radius 1 is 0.300 bits per heavy atom. The van der Waals surface area contributed by atoms with Gasteiger partial charge in [-0.2, -0.15) is 13.5 Å². The van der Waals surface area contributed by atoms with Gasteiger partial charge < -0.3 is 0 Å². The molecule has 168 valence electrons. The summed E-state index contributed by atoms with van der Waals surface area (Å²) in [5.74, 6) is 0. The van der Waals surface area contributed by atoms with E-state index >= 15 is 0 Å². The summed E-state index contributed by atoms with van der Waals surface area (Å²) < 4.78 is 34.1. The number of hydrogen-bond donors (Lipinski definition) is 0. The van der Waals surface area contributed by atoms with Gasteiger partial charge in [-0.25, -0.2) is 28.0 Å². The zero-order chi connectivity index (χ0) is 19.8. The van der Waals surface area contributed by atoms with Gasteiger partial charge in [0, 0.05) is 78.5 Å². The van der Waals surface area contributed by atoms with Crippen molar-refractivity contribution >= 4 is 22.5 Å². The molecule has 0 aromatic carbocycles. The molecule has 9 nitrogen and oxygen atoms in total. The first kappa shape index (κ1) is 19.9. The minimum absolute atomic E-state index is 1.19. The van der Waals surface area contributed by atoms with Crippen molar-refractivity contribution in [3.05, 3.63) is 0 Å². The first-order chi connectivity index (χ1) is 14.8. The van der Waals surface area contributed by atoms with E-state index in [-0.39, 0.29) is 0 Å². The quantitative estimate of drug-likeness (QED) is 0.430. The summed E-state index contributed by atoms with van der Waals surface area (Å²) in [5.41, 5.74) is 0. The summed E-state index contributed by atoms with van der Waals surface area (Å²) in [6, 6.07) is 0. The minimum atomic E-state index is -2.02. The van der Waals surface area contributed by atoms with Crippen LogP contribution in [0.1, 0.15) is 38.5 Å². The molecule has 30 heavy (non-hydrogen) atoms. The van der Waals surface area contributed by atoms with Crippen LogP contribution in [0, 0.1) is 0 Å². The summed E-state index contributed by atoms with van der Waals surface area (Å²) in [7, 11) is -6.01. The average Bonchev–Trinajstić information content (AvgIpc) is 3.62. The summed E-state index contributed by atoms with van der Waals surface area (Å²) in [6.07, 6.45) is 8.01. The molecular weight excluding hydrogens is 435 g/mol. The third kappa shape index (κ3) is 3.15. The molecule has 6 fully saturated rings. The molecule has 0 N–H and O–H groups in total. The van der Waals surface area contributed by atoms with Crippen LogP contribution < -0.4 is 0 Å². The molecule has 0 bridgehead atoms. The van der Waals surface area contributed by atoms with Crippen LogP contribution in [0.3, 0.4) is 0 Å². The smallest absolute Gasteiger partial charge is 0.221 e. The third-order valence-electron chi connectivity index (χ3n) is 7.36. The maximum atomic E-state index is 6.00. The number of piperidine rings is 2. The van der Waals surface area contributed by atoms with Gasteiger partial charge in [0.05, 0.1) is 0 Å². The normalized spacial score (nSPS) is 42.8. The van der Waals surface area contributed by atoms with Crippen molar-refractivity contribution in [1.82, 2.24) is 28.0 Å². The van der Waals surface area contributed by atoms with E-state index in [1.165, 1.54) is 117 Å². The summed E-state index contributed by atoms with van der Waals surface area (Å²) >= 11 is 0. The fourth-order valence-corrected chi connectivity index (χ4v) is 21.2. The lowest BCUT2D eigenvalue weighted by molar-refractivity contribution is 0.350. The Labute approximate surface area is 181 Å². The first-order valence-electron chi connectivity index (χ1n) is 12.2. The second kappa shape index (κ2) is 7.22. The van der Waals surface area contributed by atoms with Crippen molar-refractivity contribution in [3.8, 4) is 0 Å². The van der Waals surface area contributed by atoms with Gasteiger partial charge in [0.15, 0.2) is 0 Å². The number of nitrogens with zero attached hydrogens (tertiary/aromatic N) is 9. The van der Waals surface area contributed by atoms with Gasteiger partial charge >= 0.3 is 0 Å². The van der Waals surface area contributed by atoms with Crippen molar-refractivity contribution in [2.24, 2.45) is 13.5 Å². The molecule has 0 amide bonds. The predicted molar refractivity (Wildman–Crippen MR) is 125 cm³/mol. The van der Waals surface area contributed by atoms with Gasteiger partial charge in [0.25, 0.3) is 0 Å². The van der Waals surface area contributed by atoms with Crippen LogP contribution >= 0.6 is 22.5 Å². The van der Waals surface area contributed by atoms with E-state index in [0.29, 0.717) is 0 Å². The van der Waals surface area contributed by atoms with Crippen LogP contribution in [0.5, 0.6) is 0 Å². The zero-order valence-electron chi connectivity index (χ0n) is 18.1. The monoisotopic (exact) mass is 471 g/mol. The summed E-state index contributed by atoms with van der Waals surface area (Å²) in [4.78, 5) is 0. The van der Waals surface area contributed by atoms with Crippen molar-refractivity contribution in [1.29, 1.82) is 0 Å². The summed E-state index contributed by atoms with van der Waals surface area (Å²) in [6.45, 7) is 14.3. The molecule has 0 aromatic rings. The van der Waals surface area contributed by atoms with Gasteiger partial charge in [0.2, 0.25) is 22.5 Å². The van der Waals surface area contributed by atoms with E-state index in [0.717, 1.165) is 0 Å². The maximum absolute atomic E-state index is 6.00. The fraction of sp³-hybridized carbons (Fsp3) is 1.00. The van der Waals surface area contributed by atoms with Gasteiger partial charge in [0.1, 0.15) is 0 Å². The minimum Gasteiger partial charge on any atom is -0.240 e. The molecule has 7 heterocycles. The van der Waals surface area contributed by atoms with E-state index < -0.39 is 22.5 Å². The second-order valence-corrected chi connectivity index (χ2v) is 18.5. The highest BCUT2D eigenvalue weighted by atomic mass is 31.3. The van der Waals surface area contributed by atoms with E-state index in [1.54, 1.807) is 0 Å². The van der Waals surface area contributed by atoms with Gasteiger partial charge in [-0.05, 0) is 25.7 Å². The van der Waals surface area contributed by atoms with Gasteiger partial charge in [-0.1, -0.05) is 12.8 Å². The zero-order valence-corrected chi connectivity index (χ0v) is 20.8. The Balaban J connectivity index is 1.48. The highest BCUT2D eigenvalue weighted by Crippen LogP contribution is 2.86. The molecule has 0 aliphatic carbocycles. The molecule has 7 aliphatic rings. The molecule has 7 aliphatic heterocycles. The molecule has 0 radical (unpaired) electrons. The van der Waals surface area contributed by atoms with E-state index in [9.17, 15) is 0 Å². The topological polar surface area (TPSA) is 55.6 Å². The molecule has 7 rings (SSSR count). The average molecular weight is 471 g/mol. The Morgan fingerprint density at radius 2 is 0.533 bits per heavy atom. The van der Waals surface area contributed by atoms with Gasteiger partial charge in [-0.3, -0.25) is 0 Å². The highest BCUT2D eigenvalue weighted by Gasteiger charge is 2.57. The van der Waals surface area contributed by atoms with Crippen molar-refractivity contribution in [3.63, 3.8) is 0 Å². The Bertz CT molecular complexity index is 826. The second-order valence-electron chi connectivity index (χ2n) is 9.72. The fourth-order valence-electron chi connectivity index (χ4n) is 5.30. The van der Waals surface area contributed by atoms with Crippen molar-refractivity contribution < 1.29 is 0 Å². The molecule has 0 spiro atoms. The van der Waals surface area contributed by atoms with E-state index in [4.69, 9.17) is 13.5 Å². The highest BCUT2D eigenvalue weighted by molar-refractivity contribution is 7.83. The van der Waals surface area contributed by atoms with Crippen LogP contribution in [0.2, 0.25) is 0 Å². The van der Waals surface area contributed by atoms with E-state index in [1.807, 2.05) is 0 Å². The van der Waals surface area contributed by atoms with Crippen LogP contribution in [0.4, 0.5) is 0 Å². The van der Waals surface area contributed by atoms with Crippen LogP contribution in [0.15, 0.2) is 13.5 Å². The molecule has 2 atom stereocenters. The van der Waals surface area contributed by atoms with Crippen molar-refractivity contribution in [2.75, 3.05) is 78.5 Å². The SMILES string of the molecule is C1CCN([P@@]2(N3CC3)=NP(N3CC3)(N3CC3)=N[P@](N3CCCCC3)(N3CC3)=N2)CC1. The lowest BCUT2D eigenvalue weighted by Gasteiger charge is -2.46. The van der Waals surface area contributed by atoms with Crippen LogP contribution in [0.25, 0.3) is 0 Å². The Morgan fingerprint density at radius 3 is 0.767 bits per heavy atom. The molecular formula is C18H36N9P3. The van der Waals surface area contributed by atoms with E-state index in [2.05, 4.69) is 28.0 Å². The van der Waals surface area contributed by atoms with Crippen LogP contribution in [-0.2, 0) is 0 Å². The molecule has 6 saturated heterocycles. The largest absolute Gasteiger partial charge is 0.240 e. The molecule has 0 aromatic heterocycles. The standard InChI is InChI=1S/C18H36N9P3/c1-3-7-22(8-4-1)28(24-11-12-24)19-29(25-13-14-25,23-9-5-2-6-10-23)21-30(20-28,26-15-16-26)27-17-18-27/h1-18H2/t28-,29+. The maximum Gasteiger partial charge on any atom is 0.221 e. The third-order valence-corrected chi connectivity index (χ3v) is 20.1. The van der Waals surface area contributed by atoms with Crippen LogP contribution in [-0.4, -0.2) is 107 Å². The number of rotatable bonds is 6. The molecule has 0 saturated carbocycles. The molecule has 0 unspecified atom stereocenters. The first-order valence-corrected chi connectivity index (χ1v) is 17.0.